The Morgan fingerprint density at radius 1 is 0.638 bits per heavy atom. The number of pyridine rings is 2. The minimum atomic E-state index is -0.437. The van der Waals surface area contributed by atoms with Gasteiger partial charge in [0.05, 0.1) is 24.2 Å². The Balaban J connectivity index is 0.000000186. The lowest BCUT2D eigenvalue weighted by molar-refractivity contribution is -0.143. The Hall–Kier alpha value is -5.67. The van der Waals surface area contributed by atoms with Gasteiger partial charge in [-0.3, -0.25) is 19.0 Å². The monoisotopic (exact) mass is 632 g/mol. The van der Waals surface area contributed by atoms with E-state index in [1.807, 2.05) is 103 Å². The SMILES string of the molecule is CCOC(=O)Cn1c(=O)cc(OCc2ccccc2)c2ccccc21.O=c1cc(OCc2ccccc2)c2ccccc2n1CCO. The third-order valence-electron chi connectivity index (χ3n) is 7.35. The Kier molecular flexibility index (Phi) is 11.2. The van der Waals surface area contributed by atoms with Gasteiger partial charge in [-0.1, -0.05) is 84.9 Å². The molecule has 47 heavy (non-hydrogen) atoms. The predicted octanol–water partition coefficient (Wildman–Crippen LogP) is 5.72. The summed E-state index contributed by atoms with van der Waals surface area (Å²) in [6.45, 7) is 2.88. The van der Waals surface area contributed by atoms with Gasteiger partial charge in [-0.05, 0) is 42.3 Å². The van der Waals surface area contributed by atoms with E-state index >= 15 is 0 Å². The number of fused-ring (bicyclic) bond motifs is 2. The quantitative estimate of drug-likeness (QED) is 0.182. The van der Waals surface area contributed by atoms with E-state index in [9.17, 15) is 14.4 Å². The minimum Gasteiger partial charge on any atom is -0.488 e. The lowest BCUT2D eigenvalue weighted by atomic mass is 10.2. The van der Waals surface area contributed by atoms with Gasteiger partial charge in [-0.25, -0.2) is 0 Å². The fourth-order valence-corrected chi connectivity index (χ4v) is 5.15. The zero-order valence-corrected chi connectivity index (χ0v) is 26.1. The van der Waals surface area contributed by atoms with Crippen LogP contribution in [0.4, 0.5) is 0 Å². The summed E-state index contributed by atoms with van der Waals surface area (Å²) in [5.74, 6) is 0.635. The molecule has 9 heteroatoms. The van der Waals surface area contributed by atoms with Crippen LogP contribution in [0.1, 0.15) is 18.1 Å². The van der Waals surface area contributed by atoms with Gasteiger partial charge in [0.15, 0.2) is 0 Å². The number of esters is 1. The highest BCUT2D eigenvalue weighted by atomic mass is 16.5. The summed E-state index contributed by atoms with van der Waals surface area (Å²) >= 11 is 0. The van der Waals surface area contributed by atoms with Crippen molar-refractivity contribution in [2.24, 2.45) is 0 Å². The summed E-state index contributed by atoms with van der Waals surface area (Å²) in [6, 6.07) is 37.4. The molecule has 0 saturated heterocycles. The average molecular weight is 633 g/mol. The number of aliphatic hydroxyl groups excluding tert-OH is 1. The number of para-hydroxylation sites is 2. The van der Waals surface area contributed by atoms with E-state index in [0.29, 0.717) is 30.2 Å². The molecule has 0 spiro atoms. The summed E-state index contributed by atoms with van der Waals surface area (Å²) in [7, 11) is 0. The third kappa shape index (κ3) is 8.33. The normalized spacial score (nSPS) is 10.7. The molecule has 0 aliphatic rings. The first-order valence-electron chi connectivity index (χ1n) is 15.3. The standard InChI is InChI=1S/C20H19NO4.C18H17NO3/c1-2-24-20(23)13-21-17-11-7-6-10-16(17)18(12-19(21)22)25-14-15-8-4-3-5-9-15;20-11-10-19-16-9-5-4-8-15(16)17(12-18(19)21)22-13-14-6-2-1-3-7-14/h3-12H,2,13-14H2,1H3;1-9,12,20H,10-11,13H2. The van der Waals surface area contributed by atoms with E-state index in [4.69, 9.17) is 19.3 Å². The number of ether oxygens (including phenoxy) is 3. The largest absolute Gasteiger partial charge is 0.488 e. The van der Waals surface area contributed by atoms with Crippen molar-refractivity contribution in [1.82, 2.24) is 9.13 Å². The Morgan fingerprint density at radius 2 is 1.09 bits per heavy atom. The van der Waals surface area contributed by atoms with Crippen molar-refractivity contribution in [3.63, 3.8) is 0 Å². The summed E-state index contributed by atoms with van der Waals surface area (Å²) in [4.78, 5) is 36.5. The highest BCUT2D eigenvalue weighted by Gasteiger charge is 2.13. The van der Waals surface area contributed by atoms with Crippen LogP contribution in [0.3, 0.4) is 0 Å². The maximum atomic E-state index is 12.5. The molecule has 0 amide bonds. The minimum absolute atomic E-state index is 0.0753. The van der Waals surface area contributed by atoms with E-state index in [1.165, 1.54) is 16.7 Å². The number of carbonyl (C=O) groups excluding carboxylic acids is 1. The maximum Gasteiger partial charge on any atom is 0.326 e. The predicted molar refractivity (Wildman–Crippen MR) is 182 cm³/mol. The molecule has 0 unspecified atom stereocenters. The molecule has 2 aromatic heterocycles. The molecule has 0 aliphatic carbocycles. The van der Waals surface area contributed by atoms with E-state index in [0.717, 1.165) is 27.4 Å². The second kappa shape index (κ2) is 16.1. The maximum absolute atomic E-state index is 12.5. The first kappa shape index (κ1) is 32.7. The van der Waals surface area contributed by atoms with Gasteiger partial charge in [-0.2, -0.15) is 0 Å². The fraction of sp³-hybridized carbons (Fsp3) is 0.184. The molecule has 2 heterocycles. The number of hydrogen-bond donors (Lipinski definition) is 1. The summed E-state index contributed by atoms with van der Waals surface area (Å²) in [5.41, 5.74) is 3.01. The van der Waals surface area contributed by atoms with Crippen molar-refractivity contribution in [1.29, 1.82) is 0 Å². The van der Waals surface area contributed by atoms with E-state index < -0.39 is 5.97 Å². The first-order valence-corrected chi connectivity index (χ1v) is 15.3. The Morgan fingerprint density at radius 3 is 1.57 bits per heavy atom. The molecule has 6 aromatic rings. The number of rotatable bonds is 11. The van der Waals surface area contributed by atoms with Crippen LogP contribution in [0.5, 0.6) is 11.5 Å². The zero-order valence-electron chi connectivity index (χ0n) is 26.1. The zero-order chi connectivity index (χ0) is 33.0. The van der Waals surface area contributed by atoms with Crippen molar-refractivity contribution in [2.45, 2.75) is 33.2 Å². The van der Waals surface area contributed by atoms with Crippen molar-refractivity contribution < 1.29 is 24.1 Å². The van der Waals surface area contributed by atoms with Crippen LogP contribution in [0.15, 0.2) is 131 Å². The number of nitrogens with zero attached hydrogens (tertiary/aromatic N) is 2. The third-order valence-corrected chi connectivity index (χ3v) is 7.35. The van der Waals surface area contributed by atoms with Crippen LogP contribution in [0.25, 0.3) is 21.8 Å². The molecule has 0 fully saturated rings. The molecular formula is C38H36N2O7. The molecule has 4 aromatic carbocycles. The van der Waals surface area contributed by atoms with Crippen LogP contribution in [-0.4, -0.2) is 33.4 Å². The van der Waals surface area contributed by atoms with Gasteiger partial charge in [0.1, 0.15) is 31.3 Å². The van der Waals surface area contributed by atoms with Crippen LogP contribution < -0.4 is 20.6 Å². The Bertz CT molecular complexity index is 2060. The molecule has 0 radical (unpaired) electrons. The van der Waals surface area contributed by atoms with Gasteiger partial charge in [0, 0.05) is 29.4 Å². The van der Waals surface area contributed by atoms with Crippen LogP contribution in [-0.2, 0) is 35.8 Å². The summed E-state index contributed by atoms with van der Waals surface area (Å²) in [6.07, 6.45) is 0. The van der Waals surface area contributed by atoms with Crippen molar-refractivity contribution >= 4 is 27.8 Å². The van der Waals surface area contributed by atoms with Gasteiger partial charge in [0.25, 0.3) is 11.1 Å². The number of aliphatic hydroxyl groups is 1. The molecule has 9 nitrogen and oxygen atoms in total. The number of carbonyl (C=O) groups is 1. The molecule has 0 aliphatic heterocycles. The summed E-state index contributed by atoms with van der Waals surface area (Å²) < 4.78 is 19.6. The molecule has 240 valence electrons. The molecular weight excluding hydrogens is 596 g/mol. The second-order valence-electron chi connectivity index (χ2n) is 10.5. The Labute approximate surface area is 271 Å². The lowest BCUT2D eigenvalue weighted by Crippen LogP contribution is -2.25. The van der Waals surface area contributed by atoms with Gasteiger partial charge in [-0.15, -0.1) is 0 Å². The van der Waals surface area contributed by atoms with Crippen LogP contribution >= 0.6 is 0 Å². The molecule has 6 rings (SSSR count). The summed E-state index contributed by atoms with van der Waals surface area (Å²) in [5, 5.41) is 10.8. The van der Waals surface area contributed by atoms with Gasteiger partial charge in [0.2, 0.25) is 0 Å². The van der Waals surface area contributed by atoms with Gasteiger partial charge >= 0.3 is 5.97 Å². The first-order chi connectivity index (χ1) is 23.0. The average Bonchev–Trinajstić information content (AvgIpc) is 3.10. The van der Waals surface area contributed by atoms with E-state index in [-0.39, 0.29) is 37.4 Å². The molecule has 0 saturated carbocycles. The van der Waals surface area contributed by atoms with Gasteiger partial charge < -0.3 is 23.9 Å². The number of aromatic nitrogens is 2. The second-order valence-corrected chi connectivity index (χ2v) is 10.5. The van der Waals surface area contributed by atoms with Crippen molar-refractivity contribution in [3.8, 4) is 11.5 Å². The van der Waals surface area contributed by atoms with Crippen LogP contribution in [0.2, 0.25) is 0 Å². The smallest absolute Gasteiger partial charge is 0.326 e. The number of hydrogen-bond acceptors (Lipinski definition) is 7. The lowest BCUT2D eigenvalue weighted by Gasteiger charge is -2.14. The molecule has 0 bridgehead atoms. The van der Waals surface area contributed by atoms with Crippen molar-refractivity contribution in [3.05, 3.63) is 153 Å². The molecule has 0 atom stereocenters. The van der Waals surface area contributed by atoms with Crippen molar-refractivity contribution in [2.75, 3.05) is 13.2 Å². The topological polar surface area (TPSA) is 109 Å². The van der Waals surface area contributed by atoms with E-state index in [1.54, 1.807) is 17.6 Å². The van der Waals surface area contributed by atoms with E-state index in [2.05, 4.69) is 0 Å². The highest BCUT2D eigenvalue weighted by Crippen LogP contribution is 2.25. The fourth-order valence-electron chi connectivity index (χ4n) is 5.15. The van der Waals surface area contributed by atoms with Crippen LogP contribution in [0, 0.1) is 0 Å². The molecule has 1 N–H and O–H groups in total. The highest BCUT2D eigenvalue weighted by molar-refractivity contribution is 5.86. The number of benzene rings is 4.